The Morgan fingerprint density at radius 1 is 1.62 bits per heavy atom. The third-order valence-electron chi connectivity index (χ3n) is 2.19. The zero-order chi connectivity index (χ0) is 12.2. The molecule has 0 aromatic carbocycles. The first-order valence-corrected chi connectivity index (χ1v) is 7.04. The van der Waals surface area contributed by atoms with Crippen LogP contribution in [0.1, 0.15) is 19.2 Å². The molecule has 0 fully saturated rings. The molecule has 0 spiro atoms. The largest absolute Gasteiger partial charge is 0.332 e. The molecule has 1 aromatic rings. The van der Waals surface area contributed by atoms with E-state index < -0.39 is 10.0 Å². The predicted molar refractivity (Wildman–Crippen MR) is 63.0 cm³/mol. The van der Waals surface area contributed by atoms with Gasteiger partial charge >= 0.3 is 0 Å². The molecular weight excluding hydrogens is 250 g/mol. The molecule has 16 heavy (non-hydrogen) atoms. The van der Waals surface area contributed by atoms with Crippen LogP contribution in [0.2, 0.25) is 0 Å². The lowest BCUT2D eigenvalue weighted by atomic mass is 10.1. The van der Waals surface area contributed by atoms with Crippen molar-refractivity contribution in [3.63, 3.8) is 0 Å². The fraction of sp³-hybridized carbons (Fsp3) is 0.667. The molecule has 0 radical (unpaired) electrons. The van der Waals surface area contributed by atoms with Crippen molar-refractivity contribution >= 4 is 21.6 Å². The molecule has 1 rings (SSSR count). The zero-order valence-electron chi connectivity index (χ0n) is 9.33. The van der Waals surface area contributed by atoms with Crippen LogP contribution in [0.25, 0.3) is 0 Å². The summed E-state index contributed by atoms with van der Waals surface area (Å²) in [6.45, 7) is 4.03. The molecule has 0 aliphatic heterocycles. The number of hydrogen-bond acceptors (Lipinski definition) is 3. The number of aryl methyl sites for hydroxylation is 1. The number of sulfonamides is 1. The van der Waals surface area contributed by atoms with Crippen LogP contribution < -0.4 is 4.72 Å². The van der Waals surface area contributed by atoms with Gasteiger partial charge in [0.1, 0.15) is 5.82 Å². The van der Waals surface area contributed by atoms with Crippen LogP contribution in [-0.4, -0.2) is 30.8 Å². The van der Waals surface area contributed by atoms with Gasteiger partial charge in [-0.1, -0.05) is 6.92 Å². The maximum atomic E-state index is 11.7. The van der Waals surface area contributed by atoms with Gasteiger partial charge in [0.25, 0.3) is 10.0 Å². The summed E-state index contributed by atoms with van der Waals surface area (Å²) in [4.78, 5) is 6.53. The molecule has 0 saturated carbocycles. The van der Waals surface area contributed by atoms with Gasteiger partial charge in [-0.15, -0.1) is 11.6 Å². The van der Waals surface area contributed by atoms with Crippen LogP contribution in [0.15, 0.2) is 11.2 Å². The average Bonchev–Trinajstić information content (AvgIpc) is 2.63. The topological polar surface area (TPSA) is 74.8 Å². The van der Waals surface area contributed by atoms with Crippen LogP contribution in [0.3, 0.4) is 0 Å². The Hall–Kier alpha value is -0.590. The van der Waals surface area contributed by atoms with Crippen molar-refractivity contribution < 1.29 is 8.42 Å². The molecule has 0 saturated heterocycles. The van der Waals surface area contributed by atoms with Gasteiger partial charge in [-0.25, -0.2) is 18.1 Å². The maximum Gasteiger partial charge on any atom is 0.257 e. The normalized spacial score (nSPS) is 13.9. The summed E-state index contributed by atoms with van der Waals surface area (Å²) in [5.74, 6) is 1.33. The minimum absolute atomic E-state index is 0.100. The number of rotatable bonds is 6. The summed E-state index contributed by atoms with van der Waals surface area (Å²) in [7, 11) is -3.46. The molecule has 1 atom stereocenters. The van der Waals surface area contributed by atoms with Crippen molar-refractivity contribution in [2.24, 2.45) is 5.92 Å². The first-order valence-electron chi connectivity index (χ1n) is 5.03. The van der Waals surface area contributed by atoms with E-state index in [1.165, 1.54) is 6.20 Å². The van der Waals surface area contributed by atoms with Crippen molar-refractivity contribution in [3.05, 3.63) is 12.0 Å². The van der Waals surface area contributed by atoms with E-state index in [1.54, 1.807) is 6.92 Å². The van der Waals surface area contributed by atoms with E-state index >= 15 is 0 Å². The van der Waals surface area contributed by atoms with E-state index in [0.717, 1.165) is 6.42 Å². The van der Waals surface area contributed by atoms with Gasteiger partial charge in [-0.2, -0.15) is 0 Å². The van der Waals surface area contributed by atoms with Crippen LogP contribution in [0, 0.1) is 12.8 Å². The number of nitrogens with zero attached hydrogens (tertiary/aromatic N) is 1. The molecule has 0 aliphatic rings. The number of aromatic nitrogens is 2. The quantitative estimate of drug-likeness (QED) is 0.761. The summed E-state index contributed by atoms with van der Waals surface area (Å²) in [6, 6.07) is 0. The highest BCUT2D eigenvalue weighted by atomic mass is 35.5. The predicted octanol–water partition coefficient (Wildman–Crippen LogP) is 1.26. The molecule has 0 amide bonds. The second-order valence-electron chi connectivity index (χ2n) is 3.77. The Bertz CT molecular complexity index is 430. The Morgan fingerprint density at radius 3 is 2.81 bits per heavy atom. The van der Waals surface area contributed by atoms with Gasteiger partial charge in [0.15, 0.2) is 5.03 Å². The molecule has 5 nitrogen and oxygen atoms in total. The summed E-state index contributed by atoms with van der Waals surface area (Å²) >= 11 is 5.57. The van der Waals surface area contributed by atoms with Crippen molar-refractivity contribution in [3.8, 4) is 0 Å². The lowest BCUT2D eigenvalue weighted by Crippen LogP contribution is -2.28. The van der Waals surface area contributed by atoms with Gasteiger partial charge < -0.3 is 4.98 Å². The highest BCUT2D eigenvalue weighted by molar-refractivity contribution is 7.89. The molecule has 1 heterocycles. The number of halogens is 1. The Balaban J connectivity index is 2.59. The van der Waals surface area contributed by atoms with Crippen molar-refractivity contribution in [1.29, 1.82) is 0 Å². The molecule has 0 aliphatic carbocycles. The van der Waals surface area contributed by atoms with Crippen molar-refractivity contribution in [2.75, 3.05) is 12.4 Å². The van der Waals surface area contributed by atoms with Gasteiger partial charge in [0, 0.05) is 12.4 Å². The molecule has 1 unspecified atom stereocenters. The van der Waals surface area contributed by atoms with E-state index in [2.05, 4.69) is 14.7 Å². The Morgan fingerprint density at radius 2 is 2.31 bits per heavy atom. The first-order chi connectivity index (χ1) is 7.45. The highest BCUT2D eigenvalue weighted by Crippen LogP contribution is 2.07. The molecule has 92 valence electrons. The van der Waals surface area contributed by atoms with E-state index in [1.807, 2.05) is 6.92 Å². The molecule has 2 N–H and O–H groups in total. The number of alkyl halides is 1. The van der Waals surface area contributed by atoms with Gasteiger partial charge in [-0.05, 0) is 19.3 Å². The summed E-state index contributed by atoms with van der Waals surface area (Å²) in [5, 5.41) is 0.100. The number of H-pyrrole nitrogens is 1. The summed E-state index contributed by atoms with van der Waals surface area (Å²) < 4.78 is 26.0. The Kier molecular flexibility index (Phi) is 4.76. The smallest absolute Gasteiger partial charge is 0.257 e. The number of imidazole rings is 1. The Labute approximate surface area is 101 Å². The van der Waals surface area contributed by atoms with E-state index in [9.17, 15) is 8.42 Å². The lowest BCUT2D eigenvalue weighted by Gasteiger charge is -2.10. The van der Waals surface area contributed by atoms with Crippen LogP contribution in [0.4, 0.5) is 0 Å². The molecule has 0 bridgehead atoms. The second kappa shape index (κ2) is 5.65. The third kappa shape index (κ3) is 3.77. The minimum atomic E-state index is -3.46. The van der Waals surface area contributed by atoms with E-state index in [4.69, 9.17) is 11.6 Å². The number of nitrogens with one attached hydrogen (secondary N) is 2. The van der Waals surface area contributed by atoms with Gasteiger partial charge in [0.2, 0.25) is 0 Å². The monoisotopic (exact) mass is 265 g/mol. The standard InChI is InChI=1S/C9H16ClN3O2S/c1-7(3-4-10)5-12-16(14,15)9-6-11-8(2)13-9/h6-7,12H,3-5H2,1-2H3,(H,11,13). The van der Waals surface area contributed by atoms with E-state index in [-0.39, 0.29) is 10.9 Å². The molecular formula is C9H16ClN3O2S. The summed E-state index contributed by atoms with van der Waals surface area (Å²) in [5.41, 5.74) is 0. The van der Waals surface area contributed by atoms with Crippen LogP contribution >= 0.6 is 11.6 Å². The highest BCUT2D eigenvalue weighted by Gasteiger charge is 2.16. The zero-order valence-corrected chi connectivity index (χ0v) is 10.9. The molecule has 7 heteroatoms. The first kappa shape index (κ1) is 13.5. The van der Waals surface area contributed by atoms with Crippen LogP contribution in [-0.2, 0) is 10.0 Å². The minimum Gasteiger partial charge on any atom is -0.332 e. The fourth-order valence-electron chi connectivity index (χ4n) is 1.15. The lowest BCUT2D eigenvalue weighted by molar-refractivity contribution is 0.528. The molecule has 1 aromatic heterocycles. The third-order valence-corrected chi connectivity index (χ3v) is 3.74. The maximum absolute atomic E-state index is 11.7. The van der Waals surface area contributed by atoms with Gasteiger partial charge in [-0.3, -0.25) is 0 Å². The van der Waals surface area contributed by atoms with Crippen molar-refractivity contribution in [2.45, 2.75) is 25.3 Å². The van der Waals surface area contributed by atoms with Crippen LogP contribution in [0.5, 0.6) is 0 Å². The number of hydrogen-bond donors (Lipinski definition) is 2. The average molecular weight is 266 g/mol. The van der Waals surface area contributed by atoms with Gasteiger partial charge in [0.05, 0.1) is 6.20 Å². The van der Waals surface area contributed by atoms with Crippen molar-refractivity contribution in [1.82, 2.24) is 14.7 Å². The second-order valence-corrected chi connectivity index (χ2v) is 5.88. The fourth-order valence-corrected chi connectivity index (χ4v) is 2.66. The van der Waals surface area contributed by atoms with E-state index in [0.29, 0.717) is 18.2 Å². The number of aromatic amines is 1. The SMILES string of the molecule is Cc1ncc(S(=O)(=O)NCC(C)CCCl)[nH]1. The summed E-state index contributed by atoms with van der Waals surface area (Å²) in [6.07, 6.45) is 2.09.